The van der Waals surface area contributed by atoms with Crippen molar-refractivity contribution in [3.63, 3.8) is 0 Å². The number of nitrogens with one attached hydrogen (secondary N) is 1. The molecule has 1 aliphatic rings. The van der Waals surface area contributed by atoms with Crippen LogP contribution >= 0.6 is 11.6 Å². The fourth-order valence-electron chi connectivity index (χ4n) is 2.79. The molecular formula is C14H16ClFN4O. The number of hydrogen-bond acceptors (Lipinski definition) is 4. The minimum Gasteiger partial charge on any atom is -0.382 e. The number of nitrogens with zero attached hydrogens (tertiary/aromatic N) is 3. The Hall–Kier alpha value is -1.50. The average Bonchev–Trinajstić information content (AvgIpc) is 2.98. The number of β-amino-alcohol motifs (C(OH)–C–C–N with tert-alkyl or cyclic N) is 1. The van der Waals surface area contributed by atoms with E-state index in [9.17, 15) is 9.50 Å². The molecule has 5 nitrogen and oxygen atoms in total. The third-order valence-corrected chi connectivity index (χ3v) is 4.12. The second-order valence-electron chi connectivity index (χ2n) is 5.45. The van der Waals surface area contributed by atoms with Crippen LogP contribution in [0, 0.1) is 5.82 Å². The molecule has 0 radical (unpaired) electrons. The molecule has 2 N–H and O–H groups in total. The van der Waals surface area contributed by atoms with E-state index in [0.717, 1.165) is 18.5 Å². The Morgan fingerprint density at radius 1 is 1.48 bits per heavy atom. The molecule has 0 aliphatic carbocycles. The lowest BCUT2D eigenvalue weighted by molar-refractivity contribution is -0.0414. The van der Waals surface area contributed by atoms with Gasteiger partial charge in [-0.05, 0) is 37.1 Å². The summed E-state index contributed by atoms with van der Waals surface area (Å²) in [6.45, 7) is 1.95. The van der Waals surface area contributed by atoms with Crippen LogP contribution in [0.2, 0.25) is 5.02 Å². The molecule has 2 heterocycles. The van der Waals surface area contributed by atoms with E-state index in [1.165, 1.54) is 6.07 Å². The molecule has 0 unspecified atom stereocenters. The van der Waals surface area contributed by atoms with E-state index in [-0.39, 0.29) is 5.02 Å². The monoisotopic (exact) mass is 310 g/mol. The predicted octanol–water partition coefficient (Wildman–Crippen LogP) is 2.08. The lowest BCUT2D eigenvalue weighted by Gasteiger charge is -2.38. The van der Waals surface area contributed by atoms with Crippen molar-refractivity contribution in [3.05, 3.63) is 46.5 Å². The lowest BCUT2D eigenvalue weighted by atomic mass is 9.90. The first-order chi connectivity index (χ1) is 10.1. The van der Waals surface area contributed by atoms with Crippen LogP contribution in [0.15, 0.2) is 24.4 Å². The van der Waals surface area contributed by atoms with E-state index >= 15 is 0 Å². The van der Waals surface area contributed by atoms with E-state index < -0.39 is 11.4 Å². The maximum atomic E-state index is 13.2. The van der Waals surface area contributed by atoms with Crippen molar-refractivity contribution in [1.29, 1.82) is 0 Å². The SMILES string of the molecule is O[C@]1(c2cn[nH]n2)CCCN(Cc2ccc(F)c(Cl)c2)C1. The molecule has 3 rings (SSSR count). The van der Waals surface area contributed by atoms with Gasteiger partial charge in [-0.2, -0.15) is 15.4 Å². The zero-order valence-electron chi connectivity index (χ0n) is 11.4. The number of rotatable bonds is 3. The molecule has 7 heteroatoms. The maximum Gasteiger partial charge on any atom is 0.141 e. The molecule has 0 saturated carbocycles. The summed E-state index contributed by atoms with van der Waals surface area (Å²) in [5.41, 5.74) is 0.491. The third kappa shape index (κ3) is 3.07. The highest BCUT2D eigenvalue weighted by molar-refractivity contribution is 6.30. The van der Waals surface area contributed by atoms with Gasteiger partial charge < -0.3 is 5.11 Å². The van der Waals surface area contributed by atoms with Crippen LogP contribution in [0.25, 0.3) is 0 Å². The summed E-state index contributed by atoms with van der Waals surface area (Å²) < 4.78 is 13.2. The molecule has 2 aromatic rings. The molecule has 0 spiro atoms. The highest BCUT2D eigenvalue weighted by Crippen LogP contribution is 2.30. The van der Waals surface area contributed by atoms with Gasteiger partial charge in [-0.3, -0.25) is 4.90 Å². The van der Waals surface area contributed by atoms with Gasteiger partial charge in [0.05, 0.1) is 11.2 Å². The number of aromatic nitrogens is 3. The molecule has 0 amide bonds. The van der Waals surface area contributed by atoms with Crippen molar-refractivity contribution < 1.29 is 9.50 Å². The van der Waals surface area contributed by atoms with Gasteiger partial charge >= 0.3 is 0 Å². The molecule has 1 atom stereocenters. The van der Waals surface area contributed by atoms with Crippen LogP contribution in [-0.4, -0.2) is 38.5 Å². The summed E-state index contributed by atoms with van der Waals surface area (Å²) in [5.74, 6) is -0.418. The topological polar surface area (TPSA) is 65.0 Å². The van der Waals surface area contributed by atoms with Crippen molar-refractivity contribution in [3.8, 4) is 0 Å². The zero-order valence-corrected chi connectivity index (χ0v) is 12.1. The zero-order chi connectivity index (χ0) is 14.9. The van der Waals surface area contributed by atoms with Gasteiger partial charge in [0.15, 0.2) is 0 Å². The minimum absolute atomic E-state index is 0.122. The molecule has 112 valence electrons. The molecule has 1 aromatic heterocycles. The van der Waals surface area contributed by atoms with Gasteiger partial charge in [0.1, 0.15) is 17.1 Å². The van der Waals surface area contributed by atoms with Crippen LogP contribution in [0.3, 0.4) is 0 Å². The smallest absolute Gasteiger partial charge is 0.141 e. The summed E-state index contributed by atoms with van der Waals surface area (Å²) in [6, 6.07) is 4.71. The molecule has 1 saturated heterocycles. The number of likely N-dealkylation sites (tertiary alicyclic amines) is 1. The van der Waals surface area contributed by atoms with E-state index in [1.807, 2.05) is 0 Å². The van der Waals surface area contributed by atoms with E-state index in [0.29, 0.717) is 25.2 Å². The number of benzene rings is 1. The van der Waals surface area contributed by atoms with Gasteiger partial charge in [-0.15, -0.1) is 0 Å². The quantitative estimate of drug-likeness (QED) is 0.911. The Morgan fingerprint density at radius 3 is 3.05 bits per heavy atom. The van der Waals surface area contributed by atoms with Crippen LogP contribution in [0.5, 0.6) is 0 Å². The Bertz CT molecular complexity index is 621. The van der Waals surface area contributed by atoms with Crippen LogP contribution in [0.1, 0.15) is 24.1 Å². The number of aromatic amines is 1. The first-order valence-corrected chi connectivity index (χ1v) is 7.19. The number of halogens is 2. The van der Waals surface area contributed by atoms with Gasteiger partial charge in [-0.25, -0.2) is 4.39 Å². The van der Waals surface area contributed by atoms with Crippen molar-refractivity contribution >= 4 is 11.6 Å². The van der Waals surface area contributed by atoms with Crippen LogP contribution in [-0.2, 0) is 12.1 Å². The van der Waals surface area contributed by atoms with E-state index in [4.69, 9.17) is 11.6 Å². The maximum absolute atomic E-state index is 13.2. The van der Waals surface area contributed by atoms with Crippen molar-refractivity contribution in [2.24, 2.45) is 0 Å². The Morgan fingerprint density at radius 2 is 2.33 bits per heavy atom. The highest BCUT2D eigenvalue weighted by atomic mass is 35.5. The van der Waals surface area contributed by atoms with Gasteiger partial charge in [0.25, 0.3) is 0 Å². The normalized spacial score (nSPS) is 23.4. The van der Waals surface area contributed by atoms with Crippen molar-refractivity contribution in [2.75, 3.05) is 13.1 Å². The number of aliphatic hydroxyl groups is 1. The van der Waals surface area contributed by atoms with Crippen molar-refractivity contribution in [2.45, 2.75) is 25.0 Å². The van der Waals surface area contributed by atoms with Crippen molar-refractivity contribution in [1.82, 2.24) is 20.3 Å². The Balaban J connectivity index is 1.73. The molecule has 0 bridgehead atoms. The highest BCUT2D eigenvalue weighted by Gasteiger charge is 2.37. The molecule has 1 aliphatic heterocycles. The second-order valence-corrected chi connectivity index (χ2v) is 5.86. The van der Waals surface area contributed by atoms with Crippen LogP contribution < -0.4 is 0 Å². The summed E-state index contributed by atoms with van der Waals surface area (Å²) >= 11 is 5.80. The Kier molecular flexibility index (Phi) is 3.93. The van der Waals surface area contributed by atoms with E-state index in [2.05, 4.69) is 20.3 Å². The average molecular weight is 311 g/mol. The fraction of sp³-hybridized carbons (Fsp3) is 0.429. The Labute approximate surface area is 126 Å². The summed E-state index contributed by atoms with van der Waals surface area (Å²) in [6.07, 6.45) is 3.07. The van der Waals surface area contributed by atoms with Gasteiger partial charge in [0.2, 0.25) is 0 Å². The summed E-state index contributed by atoms with van der Waals surface area (Å²) in [4.78, 5) is 2.11. The predicted molar refractivity (Wildman–Crippen MR) is 76.2 cm³/mol. The van der Waals surface area contributed by atoms with Gasteiger partial charge in [0, 0.05) is 13.1 Å². The third-order valence-electron chi connectivity index (χ3n) is 3.83. The fourth-order valence-corrected chi connectivity index (χ4v) is 2.99. The van der Waals surface area contributed by atoms with Gasteiger partial charge in [-0.1, -0.05) is 17.7 Å². The molecule has 1 fully saturated rings. The summed E-state index contributed by atoms with van der Waals surface area (Å²) in [7, 11) is 0. The standard InChI is InChI=1S/C14H16ClFN4O/c15-11-6-10(2-3-12(11)16)8-20-5-1-4-14(21,9-20)13-7-17-19-18-13/h2-3,6-7,21H,1,4-5,8-9H2,(H,17,18,19)/t14-/m1/s1. The first kappa shape index (κ1) is 14.4. The number of H-pyrrole nitrogens is 1. The van der Waals surface area contributed by atoms with E-state index in [1.54, 1.807) is 18.3 Å². The second kappa shape index (κ2) is 5.71. The lowest BCUT2D eigenvalue weighted by Crippen LogP contribution is -2.45. The molecule has 21 heavy (non-hydrogen) atoms. The largest absolute Gasteiger partial charge is 0.382 e. The first-order valence-electron chi connectivity index (χ1n) is 6.82. The number of hydrogen-bond donors (Lipinski definition) is 2. The molecular weight excluding hydrogens is 295 g/mol. The summed E-state index contributed by atoms with van der Waals surface area (Å²) in [5, 5.41) is 21.1. The van der Waals surface area contributed by atoms with Crippen LogP contribution in [0.4, 0.5) is 4.39 Å². The number of piperidine rings is 1. The minimum atomic E-state index is -0.991. The molecule has 1 aromatic carbocycles.